The van der Waals surface area contributed by atoms with Crippen molar-refractivity contribution in [2.24, 2.45) is 0 Å². The number of amides is 1. The Hall–Kier alpha value is -2.08. The van der Waals surface area contributed by atoms with E-state index in [2.05, 4.69) is 21.2 Å². The molecule has 0 fully saturated rings. The van der Waals surface area contributed by atoms with Gasteiger partial charge in [0.2, 0.25) is 5.91 Å². The van der Waals surface area contributed by atoms with Crippen LogP contribution in [0.4, 0.5) is 11.4 Å². The first-order chi connectivity index (χ1) is 9.45. The van der Waals surface area contributed by atoms with E-state index in [9.17, 15) is 9.59 Å². The van der Waals surface area contributed by atoms with E-state index in [1.807, 2.05) is 0 Å². The summed E-state index contributed by atoms with van der Waals surface area (Å²) in [4.78, 5) is 23.8. The smallest absolute Gasteiger partial charge is 0.253 e. The highest BCUT2D eigenvalue weighted by atomic mass is 79.9. The van der Waals surface area contributed by atoms with Crippen molar-refractivity contribution in [3.63, 3.8) is 0 Å². The van der Waals surface area contributed by atoms with Crippen LogP contribution in [0, 0.1) is 6.92 Å². The second kappa shape index (κ2) is 5.92. The summed E-state index contributed by atoms with van der Waals surface area (Å²) < 4.78 is 2.12. The van der Waals surface area contributed by atoms with Gasteiger partial charge in [0.05, 0.1) is 0 Å². The highest BCUT2D eigenvalue weighted by Gasteiger charge is 2.07. The van der Waals surface area contributed by atoms with Crippen LogP contribution < -0.4 is 16.6 Å². The van der Waals surface area contributed by atoms with Crippen molar-refractivity contribution in [2.45, 2.75) is 13.5 Å². The van der Waals surface area contributed by atoms with Crippen LogP contribution in [-0.2, 0) is 11.3 Å². The Labute approximate surface area is 124 Å². The predicted octanol–water partition coefficient (Wildman–Crippen LogP) is 2.14. The Morgan fingerprint density at radius 3 is 2.85 bits per heavy atom. The van der Waals surface area contributed by atoms with Gasteiger partial charge < -0.3 is 15.6 Å². The van der Waals surface area contributed by atoms with Crippen LogP contribution in [0.25, 0.3) is 0 Å². The molecule has 0 unspecified atom stereocenters. The van der Waals surface area contributed by atoms with E-state index < -0.39 is 0 Å². The number of nitrogens with zero attached hydrogens (tertiary/aromatic N) is 1. The predicted molar refractivity (Wildman–Crippen MR) is 82.6 cm³/mol. The number of halogens is 1. The third-order valence-corrected chi connectivity index (χ3v) is 3.15. The molecule has 1 aromatic carbocycles. The molecule has 0 spiro atoms. The minimum absolute atomic E-state index is 0.0477. The number of anilines is 2. The average molecular weight is 336 g/mol. The van der Waals surface area contributed by atoms with Crippen LogP contribution in [0.15, 0.2) is 45.8 Å². The lowest BCUT2D eigenvalue weighted by molar-refractivity contribution is -0.116. The Morgan fingerprint density at radius 1 is 1.40 bits per heavy atom. The van der Waals surface area contributed by atoms with E-state index in [1.165, 1.54) is 4.57 Å². The molecule has 3 N–H and O–H groups in total. The van der Waals surface area contributed by atoms with Gasteiger partial charge in [-0.05, 0) is 47.1 Å². The van der Waals surface area contributed by atoms with E-state index in [4.69, 9.17) is 5.73 Å². The Balaban J connectivity index is 2.15. The van der Waals surface area contributed by atoms with Crippen molar-refractivity contribution >= 4 is 33.2 Å². The molecule has 0 aliphatic heterocycles. The summed E-state index contributed by atoms with van der Waals surface area (Å²) in [5.41, 5.74) is 7.21. The zero-order valence-electron chi connectivity index (χ0n) is 10.9. The Bertz CT molecular complexity index is 710. The summed E-state index contributed by atoms with van der Waals surface area (Å²) in [6.45, 7) is 1.66. The summed E-state index contributed by atoms with van der Waals surface area (Å²) >= 11 is 3.31. The van der Waals surface area contributed by atoms with Gasteiger partial charge in [0.1, 0.15) is 6.54 Å². The molecule has 0 aliphatic rings. The van der Waals surface area contributed by atoms with E-state index in [0.29, 0.717) is 16.9 Å². The van der Waals surface area contributed by atoms with Crippen molar-refractivity contribution in [1.82, 2.24) is 4.57 Å². The normalized spacial score (nSPS) is 10.3. The van der Waals surface area contributed by atoms with Gasteiger partial charge in [-0.2, -0.15) is 0 Å². The molecule has 2 aromatic rings. The summed E-state index contributed by atoms with van der Waals surface area (Å²) in [7, 11) is 0. The summed E-state index contributed by atoms with van der Waals surface area (Å²) in [6.07, 6.45) is 1.59. The van der Waals surface area contributed by atoms with Crippen molar-refractivity contribution in [1.29, 1.82) is 0 Å². The first-order valence-electron chi connectivity index (χ1n) is 5.97. The molecule has 6 heteroatoms. The molecular formula is C14H14BrN3O2. The topological polar surface area (TPSA) is 77.1 Å². The van der Waals surface area contributed by atoms with Gasteiger partial charge in [-0.3, -0.25) is 9.59 Å². The molecule has 0 radical (unpaired) electrons. The zero-order chi connectivity index (χ0) is 14.7. The molecule has 0 aliphatic carbocycles. The fourth-order valence-corrected chi connectivity index (χ4v) is 2.42. The average Bonchev–Trinajstić information content (AvgIpc) is 2.35. The van der Waals surface area contributed by atoms with E-state index in [1.54, 1.807) is 43.5 Å². The number of pyridine rings is 1. The molecule has 1 amide bonds. The van der Waals surface area contributed by atoms with Gasteiger partial charge in [-0.25, -0.2) is 0 Å². The quantitative estimate of drug-likeness (QED) is 0.843. The molecule has 1 aromatic heterocycles. The van der Waals surface area contributed by atoms with E-state index in [0.717, 1.165) is 4.47 Å². The summed E-state index contributed by atoms with van der Waals surface area (Å²) in [5, 5.41) is 2.70. The van der Waals surface area contributed by atoms with Crippen LogP contribution in [0.2, 0.25) is 0 Å². The van der Waals surface area contributed by atoms with Crippen LogP contribution in [0.3, 0.4) is 0 Å². The number of hydrogen-bond donors (Lipinski definition) is 2. The Kier molecular flexibility index (Phi) is 4.24. The summed E-state index contributed by atoms with van der Waals surface area (Å²) in [5.74, 6) is -0.282. The number of carbonyl (C=O) groups is 1. The third-order valence-electron chi connectivity index (χ3n) is 2.72. The molecule has 104 valence electrons. The number of aryl methyl sites for hydroxylation is 1. The van der Waals surface area contributed by atoms with Crippen LogP contribution in [0.5, 0.6) is 0 Å². The largest absolute Gasteiger partial charge is 0.399 e. The molecule has 20 heavy (non-hydrogen) atoms. The van der Waals surface area contributed by atoms with Gasteiger partial charge in [-0.15, -0.1) is 0 Å². The lowest BCUT2D eigenvalue weighted by atomic mass is 10.3. The second-order valence-corrected chi connectivity index (χ2v) is 5.36. The highest BCUT2D eigenvalue weighted by molar-refractivity contribution is 9.10. The second-order valence-electron chi connectivity index (χ2n) is 4.45. The minimum atomic E-state index is -0.282. The number of benzene rings is 1. The van der Waals surface area contributed by atoms with Crippen LogP contribution in [-0.4, -0.2) is 10.5 Å². The van der Waals surface area contributed by atoms with Crippen molar-refractivity contribution in [3.05, 3.63) is 56.9 Å². The number of nitrogen functional groups attached to an aromatic ring is 1. The van der Waals surface area contributed by atoms with Crippen molar-refractivity contribution in [3.8, 4) is 0 Å². The number of carbonyl (C=O) groups excluding carboxylic acids is 1. The number of hydrogen-bond acceptors (Lipinski definition) is 3. The van der Waals surface area contributed by atoms with Gasteiger partial charge in [0.15, 0.2) is 0 Å². The van der Waals surface area contributed by atoms with Gasteiger partial charge in [0.25, 0.3) is 5.56 Å². The first-order valence-corrected chi connectivity index (χ1v) is 6.77. The fourth-order valence-electron chi connectivity index (χ4n) is 1.83. The van der Waals surface area contributed by atoms with E-state index in [-0.39, 0.29) is 18.0 Å². The number of nitrogens with one attached hydrogen (secondary N) is 1. The maximum atomic E-state index is 11.9. The minimum Gasteiger partial charge on any atom is -0.399 e. The lowest BCUT2D eigenvalue weighted by Crippen LogP contribution is -2.28. The number of rotatable bonds is 3. The highest BCUT2D eigenvalue weighted by Crippen LogP contribution is 2.12. The van der Waals surface area contributed by atoms with Crippen molar-refractivity contribution in [2.75, 3.05) is 11.1 Å². The molecule has 0 saturated heterocycles. The molecule has 5 nitrogen and oxygen atoms in total. The SMILES string of the molecule is Cc1cc(Br)cn(CC(=O)Nc2cccc(N)c2)c1=O. The molecule has 0 atom stereocenters. The maximum Gasteiger partial charge on any atom is 0.253 e. The number of nitrogens with two attached hydrogens (primary N) is 1. The Morgan fingerprint density at radius 2 is 2.15 bits per heavy atom. The monoisotopic (exact) mass is 335 g/mol. The van der Waals surface area contributed by atoms with Crippen LogP contribution >= 0.6 is 15.9 Å². The standard InChI is InChI=1S/C14H14BrN3O2/c1-9-5-10(15)7-18(14(9)20)8-13(19)17-12-4-2-3-11(16)6-12/h2-7H,8,16H2,1H3,(H,17,19). The molecule has 0 saturated carbocycles. The third kappa shape index (κ3) is 3.48. The van der Waals surface area contributed by atoms with Gasteiger partial charge >= 0.3 is 0 Å². The number of aromatic nitrogens is 1. The fraction of sp³-hybridized carbons (Fsp3) is 0.143. The van der Waals surface area contributed by atoms with Crippen molar-refractivity contribution < 1.29 is 4.79 Å². The molecule has 1 heterocycles. The molecule has 2 rings (SSSR count). The molecule has 0 bridgehead atoms. The zero-order valence-corrected chi connectivity index (χ0v) is 12.5. The van der Waals surface area contributed by atoms with E-state index >= 15 is 0 Å². The lowest BCUT2D eigenvalue weighted by Gasteiger charge is -2.09. The van der Waals surface area contributed by atoms with Crippen LogP contribution in [0.1, 0.15) is 5.56 Å². The summed E-state index contributed by atoms with van der Waals surface area (Å²) in [6, 6.07) is 8.60. The first kappa shape index (κ1) is 14.3. The van der Waals surface area contributed by atoms with Gasteiger partial charge in [-0.1, -0.05) is 6.07 Å². The molecular weight excluding hydrogens is 322 g/mol. The van der Waals surface area contributed by atoms with Gasteiger partial charge in [0, 0.05) is 27.6 Å². The maximum absolute atomic E-state index is 11.9.